The van der Waals surface area contributed by atoms with E-state index in [1.807, 2.05) is 36.4 Å². The molecule has 1 aliphatic rings. The summed E-state index contributed by atoms with van der Waals surface area (Å²) in [6, 6.07) is 28.7. The normalized spacial score (nSPS) is 14.0. The summed E-state index contributed by atoms with van der Waals surface area (Å²) in [6.07, 6.45) is 1.49. The lowest BCUT2D eigenvalue weighted by Gasteiger charge is -2.28. The first-order valence-corrected chi connectivity index (χ1v) is 14.6. The van der Waals surface area contributed by atoms with Crippen molar-refractivity contribution in [3.63, 3.8) is 0 Å². The molecule has 10 nitrogen and oxygen atoms in total. The number of amides is 1. The minimum absolute atomic E-state index is 0.0419. The Balaban J connectivity index is 1.38. The number of nitrogens with one attached hydrogen (secondary N) is 2. The van der Waals surface area contributed by atoms with Crippen molar-refractivity contribution in [2.24, 2.45) is 0 Å². The first kappa shape index (κ1) is 28.1. The highest BCUT2D eigenvalue weighted by Gasteiger charge is 2.51. The molecule has 5 aromatic rings. The molecule has 0 radical (unpaired) electrons. The molecule has 6 rings (SSSR count). The molecule has 0 spiro atoms. The zero-order chi connectivity index (χ0) is 30.0. The standard InChI is InChI=1S/C32H29N5O5S/c1-41-25-18-23(19-26(20-25)42-2)33-29-30(36-28-14-7-6-13-27(28)35-29)37(43(39)40)24-12-8-11-22(17-24)34-31(38)32(15-16-32)21-9-4-3-5-10-21/h3-14,17-20H,15-16H2,1-2H3,(H,33,35)(H,34,38)(H,39,40)/p-1. The van der Waals surface area contributed by atoms with Crippen LogP contribution < -0.4 is 24.4 Å². The van der Waals surface area contributed by atoms with E-state index in [1.54, 1.807) is 74.9 Å². The van der Waals surface area contributed by atoms with Crippen molar-refractivity contribution in [1.82, 2.24) is 9.97 Å². The van der Waals surface area contributed by atoms with E-state index >= 15 is 0 Å². The Morgan fingerprint density at radius 1 is 0.837 bits per heavy atom. The average Bonchev–Trinajstić information content (AvgIpc) is 3.84. The van der Waals surface area contributed by atoms with Crippen molar-refractivity contribution < 1.29 is 23.0 Å². The fraction of sp³-hybridized carbons (Fsp3) is 0.156. The third-order valence-electron chi connectivity index (χ3n) is 7.36. The van der Waals surface area contributed by atoms with Gasteiger partial charge in [0.1, 0.15) is 11.5 Å². The smallest absolute Gasteiger partial charge is 0.235 e. The second kappa shape index (κ2) is 11.7. The maximum absolute atomic E-state index is 13.4. The molecule has 1 amide bonds. The molecule has 1 saturated carbocycles. The molecule has 1 aromatic heterocycles. The number of rotatable bonds is 10. The molecule has 11 heteroatoms. The molecule has 0 saturated heterocycles. The Labute approximate surface area is 251 Å². The van der Waals surface area contributed by atoms with Gasteiger partial charge in [-0.25, -0.2) is 9.97 Å². The quantitative estimate of drug-likeness (QED) is 0.189. The van der Waals surface area contributed by atoms with Crippen molar-refractivity contribution >= 4 is 56.9 Å². The lowest BCUT2D eigenvalue weighted by atomic mass is 9.95. The van der Waals surface area contributed by atoms with Crippen LogP contribution in [0, 0.1) is 0 Å². The van der Waals surface area contributed by atoms with E-state index < -0.39 is 16.7 Å². The SMILES string of the molecule is COc1cc(Nc2nc3ccccc3nc2N(c2cccc(NC(=O)C3(c4ccccc4)CC3)c2)S(=O)[O-])cc(OC)c1. The van der Waals surface area contributed by atoms with Gasteiger partial charge in [-0.15, -0.1) is 0 Å². The molecule has 1 aliphatic carbocycles. The molecular formula is C32H28N5O5S-. The topological polar surface area (TPSA) is 129 Å². The average molecular weight is 595 g/mol. The van der Waals surface area contributed by atoms with Crippen molar-refractivity contribution in [3.05, 3.63) is 103 Å². The molecule has 1 heterocycles. The fourth-order valence-electron chi connectivity index (χ4n) is 5.00. The number of methoxy groups -OCH3 is 2. The van der Waals surface area contributed by atoms with Gasteiger partial charge in [0, 0.05) is 29.6 Å². The van der Waals surface area contributed by atoms with E-state index in [1.165, 1.54) is 0 Å². The summed E-state index contributed by atoms with van der Waals surface area (Å²) in [5.74, 6) is 1.17. The number of carbonyl (C=O) groups is 1. The van der Waals surface area contributed by atoms with Gasteiger partial charge in [0.15, 0.2) is 11.6 Å². The van der Waals surface area contributed by atoms with Crippen LogP contribution in [0.2, 0.25) is 0 Å². The van der Waals surface area contributed by atoms with Crippen LogP contribution in [0.5, 0.6) is 11.5 Å². The van der Waals surface area contributed by atoms with Crippen LogP contribution >= 0.6 is 0 Å². The molecule has 218 valence electrons. The number of hydrogen-bond donors (Lipinski definition) is 2. The molecule has 0 aliphatic heterocycles. The molecule has 2 N–H and O–H groups in total. The third-order valence-corrected chi connectivity index (χ3v) is 8.04. The van der Waals surface area contributed by atoms with E-state index in [0.29, 0.717) is 33.9 Å². The molecule has 4 aromatic carbocycles. The number of fused-ring (bicyclic) bond motifs is 1. The molecule has 0 bridgehead atoms. The van der Waals surface area contributed by atoms with Crippen LogP contribution in [0.15, 0.2) is 97.1 Å². The van der Waals surface area contributed by atoms with Gasteiger partial charge in [0.2, 0.25) is 5.91 Å². The van der Waals surface area contributed by atoms with Crippen LogP contribution in [0.3, 0.4) is 0 Å². The van der Waals surface area contributed by atoms with Crippen LogP contribution in [0.4, 0.5) is 28.7 Å². The Hall–Kier alpha value is -5.00. The van der Waals surface area contributed by atoms with Gasteiger partial charge >= 0.3 is 0 Å². The number of anilines is 5. The summed E-state index contributed by atoms with van der Waals surface area (Å²) in [5.41, 5.74) is 2.73. The van der Waals surface area contributed by atoms with E-state index in [-0.39, 0.29) is 23.2 Å². The number of hydrogen-bond acceptors (Lipinski definition) is 8. The predicted molar refractivity (Wildman–Crippen MR) is 166 cm³/mol. The van der Waals surface area contributed by atoms with Gasteiger partial charge in [-0.1, -0.05) is 48.5 Å². The predicted octanol–water partition coefficient (Wildman–Crippen LogP) is 5.99. The highest BCUT2D eigenvalue weighted by molar-refractivity contribution is 7.81. The Bertz CT molecular complexity index is 1810. The van der Waals surface area contributed by atoms with Gasteiger partial charge in [-0.3, -0.25) is 13.3 Å². The number of carbonyl (C=O) groups excluding carboxylic acids is 1. The van der Waals surface area contributed by atoms with Gasteiger partial charge in [-0.2, -0.15) is 0 Å². The Kier molecular flexibility index (Phi) is 7.66. The lowest BCUT2D eigenvalue weighted by molar-refractivity contribution is -0.118. The van der Waals surface area contributed by atoms with Gasteiger partial charge in [0.05, 0.1) is 47.6 Å². The summed E-state index contributed by atoms with van der Waals surface area (Å²) in [4.78, 5) is 22.8. The summed E-state index contributed by atoms with van der Waals surface area (Å²) in [6.45, 7) is 0. The molecule has 1 unspecified atom stereocenters. The van der Waals surface area contributed by atoms with Gasteiger partial charge < -0.3 is 24.7 Å². The van der Waals surface area contributed by atoms with E-state index in [0.717, 1.165) is 22.7 Å². The largest absolute Gasteiger partial charge is 0.755 e. The van der Waals surface area contributed by atoms with E-state index in [4.69, 9.17) is 19.4 Å². The summed E-state index contributed by atoms with van der Waals surface area (Å²) >= 11 is -2.81. The van der Waals surface area contributed by atoms with Crippen molar-refractivity contribution in [3.8, 4) is 11.5 Å². The fourth-order valence-corrected chi connectivity index (χ4v) is 5.56. The number of nitrogens with zero attached hydrogens (tertiary/aromatic N) is 3. The number of benzene rings is 4. The zero-order valence-electron chi connectivity index (χ0n) is 23.4. The van der Waals surface area contributed by atoms with E-state index in [2.05, 4.69) is 10.6 Å². The zero-order valence-corrected chi connectivity index (χ0v) is 24.3. The molecule has 1 fully saturated rings. The van der Waals surface area contributed by atoms with Crippen LogP contribution in [-0.4, -0.2) is 38.9 Å². The monoisotopic (exact) mass is 594 g/mol. The van der Waals surface area contributed by atoms with Gasteiger partial charge in [-0.05, 0) is 48.7 Å². The summed E-state index contributed by atoms with van der Waals surface area (Å²) < 4.78 is 37.5. The third kappa shape index (κ3) is 5.72. The van der Waals surface area contributed by atoms with Crippen LogP contribution in [0.1, 0.15) is 18.4 Å². The van der Waals surface area contributed by atoms with Crippen molar-refractivity contribution in [2.75, 3.05) is 29.2 Å². The first-order valence-electron chi connectivity index (χ1n) is 13.5. The van der Waals surface area contributed by atoms with Gasteiger partial charge in [0.25, 0.3) is 0 Å². The summed E-state index contributed by atoms with van der Waals surface area (Å²) in [7, 11) is 3.08. The van der Waals surface area contributed by atoms with E-state index in [9.17, 15) is 13.6 Å². The maximum Gasteiger partial charge on any atom is 0.235 e. The van der Waals surface area contributed by atoms with Crippen molar-refractivity contribution in [1.29, 1.82) is 0 Å². The molecule has 1 atom stereocenters. The minimum atomic E-state index is -2.81. The molecular weight excluding hydrogens is 566 g/mol. The number of para-hydroxylation sites is 2. The first-order chi connectivity index (χ1) is 20.9. The second-order valence-corrected chi connectivity index (χ2v) is 10.9. The highest BCUT2D eigenvalue weighted by Crippen LogP contribution is 2.49. The lowest BCUT2D eigenvalue weighted by Crippen LogP contribution is -2.28. The second-order valence-electron chi connectivity index (χ2n) is 10.1. The van der Waals surface area contributed by atoms with Crippen LogP contribution in [-0.2, 0) is 21.5 Å². The number of aromatic nitrogens is 2. The minimum Gasteiger partial charge on any atom is -0.755 e. The van der Waals surface area contributed by atoms with Crippen molar-refractivity contribution in [2.45, 2.75) is 18.3 Å². The summed E-state index contributed by atoms with van der Waals surface area (Å²) in [5, 5.41) is 6.19. The number of ether oxygens (including phenoxy) is 2. The molecule has 43 heavy (non-hydrogen) atoms. The maximum atomic E-state index is 13.4. The van der Waals surface area contributed by atoms with Crippen LogP contribution in [0.25, 0.3) is 11.0 Å². The Morgan fingerprint density at radius 3 is 2.12 bits per heavy atom. The Morgan fingerprint density at radius 2 is 1.49 bits per heavy atom. The highest BCUT2D eigenvalue weighted by atomic mass is 32.2.